The Hall–Kier alpha value is -2.67. The Morgan fingerprint density at radius 3 is 2.57 bits per heavy atom. The number of hydrogen-bond acceptors (Lipinski definition) is 6. The average Bonchev–Trinajstić information content (AvgIpc) is 3.21. The van der Waals surface area contributed by atoms with Crippen molar-refractivity contribution in [3.8, 4) is 0 Å². The Bertz CT molecular complexity index is 839. The molecule has 1 aromatic rings. The molecule has 1 aromatic carbocycles. The molecule has 1 fully saturated rings. The first-order chi connectivity index (χ1) is 13.4. The normalized spacial score (nSPS) is 19.1. The number of carbonyl (C=O) groups is 2. The number of nitrogens with zero attached hydrogens (tertiary/aromatic N) is 1. The Morgan fingerprint density at radius 1 is 1.21 bits per heavy atom. The van der Waals surface area contributed by atoms with Crippen LogP contribution in [0.1, 0.15) is 30.4 Å². The van der Waals surface area contributed by atoms with Gasteiger partial charge in [-0.15, -0.1) is 0 Å². The van der Waals surface area contributed by atoms with Crippen molar-refractivity contribution in [3.63, 3.8) is 0 Å². The maximum atomic E-state index is 14.7. The minimum absolute atomic E-state index is 0.0555. The van der Waals surface area contributed by atoms with Crippen LogP contribution < -0.4 is 4.90 Å². The molecule has 2 aliphatic heterocycles. The lowest BCUT2D eigenvalue weighted by Crippen LogP contribution is -2.25. The summed E-state index contributed by atoms with van der Waals surface area (Å²) in [6.07, 6.45) is 4.73. The van der Waals surface area contributed by atoms with Gasteiger partial charge in [0.2, 0.25) is 0 Å². The van der Waals surface area contributed by atoms with Crippen LogP contribution in [-0.2, 0) is 23.8 Å². The number of halogens is 1. The Balaban J connectivity index is 1.87. The summed E-state index contributed by atoms with van der Waals surface area (Å²) in [5, 5.41) is 0. The lowest BCUT2D eigenvalue weighted by molar-refractivity contribution is -0.142. The van der Waals surface area contributed by atoms with Crippen LogP contribution in [0.4, 0.5) is 10.1 Å². The molecule has 0 N–H and O–H groups in total. The van der Waals surface area contributed by atoms with Crippen molar-refractivity contribution in [3.05, 3.63) is 52.6 Å². The highest BCUT2D eigenvalue weighted by Crippen LogP contribution is 2.30. The lowest BCUT2D eigenvalue weighted by Gasteiger charge is -2.25. The molecule has 2 heterocycles. The summed E-state index contributed by atoms with van der Waals surface area (Å²) in [5.74, 6) is -1.55. The van der Waals surface area contributed by atoms with Crippen LogP contribution in [-0.4, -0.2) is 38.4 Å². The van der Waals surface area contributed by atoms with Crippen LogP contribution in [0.15, 0.2) is 35.7 Å². The molecule has 3 rings (SSSR count). The molecule has 6 nitrogen and oxygen atoms in total. The third kappa shape index (κ3) is 4.42. The van der Waals surface area contributed by atoms with E-state index in [2.05, 4.69) is 0 Å². The summed E-state index contributed by atoms with van der Waals surface area (Å²) in [6.45, 7) is 4.35. The van der Waals surface area contributed by atoms with Crippen LogP contribution in [0.5, 0.6) is 0 Å². The number of rotatable bonds is 5. The first-order valence-electron chi connectivity index (χ1n) is 9.22. The van der Waals surface area contributed by atoms with Crippen molar-refractivity contribution in [2.45, 2.75) is 39.2 Å². The third-order valence-corrected chi connectivity index (χ3v) is 4.76. The number of hydrogen-bond donors (Lipinski definition) is 0. The van der Waals surface area contributed by atoms with Crippen molar-refractivity contribution in [1.82, 2.24) is 0 Å². The summed E-state index contributed by atoms with van der Waals surface area (Å²) in [7, 11) is 1.26. The number of esters is 2. The predicted molar refractivity (Wildman–Crippen MR) is 101 cm³/mol. The first-order valence-corrected chi connectivity index (χ1v) is 9.22. The van der Waals surface area contributed by atoms with Gasteiger partial charge in [-0.2, -0.15) is 0 Å². The van der Waals surface area contributed by atoms with Crippen LogP contribution >= 0.6 is 0 Å². The molecule has 7 heteroatoms. The standard InChI is InChI=1S/C21H24FNO5/c1-13-7-14(2)19(22)18(8-13)23-10-15(20(24)26-3)9-16(11-23)21(25)28-12-17-5-4-6-27-17/h7-8,10-11,17H,4-6,9,12H2,1-3H3. The molecular weight excluding hydrogens is 365 g/mol. The van der Waals surface area contributed by atoms with E-state index >= 15 is 0 Å². The zero-order valence-corrected chi connectivity index (χ0v) is 16.3. The van der Waals surface area contributed by atoms with Gasteiger partial charge in [0.05, 0.1) is 30.0 Å². The molecule has 1 saturated heterocycles. The van der Waals surface area contributed by atoms with Gasteiger partial charge < -0.3 is 19.1 Å². The largest absolute Gasteiger partial charge is 0.466 e. The van der Waals surface area contributed by atoms with Crippen molar-refractivity contribution in [1.29, 1.82) is 0 Å². The quantitative estimate of drug-likeness (QED) is 0.720. The molecule has 1 unspecified atom stereocenters. The van der Waals surface area contributed by atoms with Crippen molar-refractivity contribution < 1.29 is 28.2 Å². The Morgan fingerprint density at radius 2 is 1.93 bits per heavy atom. The summed E-state index contributed by atoms with van der Waals surface area (Å²) in [6, 6.07) is 3.39. The van der Waals surface area contributed by atoms with E-state index in [1.807, 2.05) is 6.92 Å². The van der Waals surface area contributed by atoms with Crippen LogP contribution in [0.3, 0.4) is 0 Å². The molecule has 0 amide bonds. The van der Waals surface area contributed by atoms with Gasteiger partial charge >= 0.3 is 11.9 Å². The lowest BCUT2D eigenvalue weighted by atomic mass is 10.0. The van der Waals surface area contributed by atoms with Gasteiger partial charge in [-0.1, -0.05) is 6.07 Å². The number of ether oxygens (including phenoxy) is 3. The minimum atomic E-state index is -0.577. The van der Waals surface area contributed by atoms with Crippen LogP contribution in [0, 0.1) is 19.7 Å². The molecule has 150 valence electrons. The van der Waals surface area contributed by atoms with Crippen molar-refractivity contribution >= 4 is 17.6 Å². The zero-order valence-electron chi connectivity index (χ0n) is 16.3. The van der Waals surface area contributed by atoms with Gasteiger partial charge in [0.1, 0.15) is 12.4 Å². The first kappa shape index (κ1) is 20.1. The number of aryl methyl sites for hydroxylation is 2. The molecular formula is C21H24FNO5. The maximum Gasteiger partial charge on any atom is 0.335 e. The van der Waals surface area contributed by atoms with Gasteiger partial charge in [0.15, 0.2) is 0 Å². The zero-order chi connectivity index (χ0) is 20.3. The molecule has 0 aromatic heterocycles. The maximum absolute atomic E-state index is 14.7. The van der Waals surface area contributed by atoms with Gasteiger partial charge in [-0.3, -0.25) is 0 Å². The summed E-state index contributed by atoms with van der Waals surface area (Å²) in [4.78, 5) is 26.1. The number of methoxy groups -OCH3 is 1. The Kier molecular flexibility index (Phi) is 6.14. The van der Waals surface area contributed by atoms with E-state index in [-0.39, 0.29) is 36.0 Å². The van der Waals surface area contributed by atoms with Crippen LogP contribution in [0.25, 0.3) is 0 Å². The molecule has 0 saturated carbocycles. The second-order valence-corrected chi connectivity index (χ2v) is 7.03. The van der Waals surface area contributed by atoms with E-state index in [1.54, 1.807) is 19.1 Å². The van der Waals surface area contributed by atoms with Gasteiger partial charge in [0, 0.05) is 25.4 Å². The van der Waals surface area contributed by atoms with E-state index in [9.17, 15) is 14.0 Å². The second kappa shape index (κ2) is 8.56. The fourth-order valence-corrected chi connectivity index (χ4v) is 3.34. The second-order valence-electron chi connectivity index (χ2n) is 7.03. The van der Waals surface area contributed by atoms with Gasteiger partial charge in [-0.05, 0) is 43.9 Å². The molecule has 1 atom stereocenters. The molecule has 0 aliphatic carbocycles. The van der Waals surface area contributed by atoms with Crippen LogP contribution in [0.2, 0.25) is 0 Å². The highest BCUT2D eigenvalue weighted by molar-refractivity contribution is 5.96. The Labute approximate surface area is 163 Å². The average molecular weight is 389 g/mol. The molecule has 0 radical (unpaired) electrons. The number of benzene rings is 1. The molecule has 28 heavy (non-hydrogen) atoms. The number of anilines is 1. The van der Waals surface area contributed by atoms with Crippen molar-refractivity contribution in [2.24, 2.45) is 0 Å². The highest BCUT2D eigenvalue weighted by atomic mass is 19.1. The van der Waals surface area contributed by atoms with Crippen molar-refractivity contribution in [2.75, 3.05) is 25.2 Å². The topological polar surface area (TPSA) is 65.1 Å². The van der Waals surface area contributed by atoms with E-state index in [0.717, 1.165) is 18.4 Å². The predicted octanol–water partition coefficient (Wildman–Crippen LogP) is 3.32. The van der Waals surface area contributed by atoms with E-state index < -0.39 is 17.8 Å². The van der Waals surface area contributed by atoms with E-state index in [4.69, 9.17) is 14.2 Å². The smallest absolute Gasteiger partial charge is 0.335 e. The summed E-state index contributed by atoms with van der Waals surface area (Å²) in [5.41, 5.74) is 2.09. The fourth-order valence-electron chi connectivity index (χ4n) is 3.34. The SMILES string of the molecule is COC(=O)C1=CN(c2cc(C)cc(C)c2F)C=C(C(=O)OCC2CCCO2)C1. The molecule has 0 bridgehead atoms. The number of carbonyl (C=O) groups excluding carboxylic acids is 2. The van der Waals surface area contributed by atoms with E-state index in [0.29, 0.717) is 12.2 Å². The summed E-state index contributed by atoms with van der Waals surface area (Å²) < 4.78 is 30.3. The molecule has 0 spiro atoms. The fraction of sp³-hybridized carbons (Fsp3) is 0.429. The minimum Gasteiger partial charge on any atom is -0.466 e. The summed E-state index contributed by atoms with van der Waals surface area (Å²) >= 11 is 0. The molecule has 2 aliphatic rings. The van der Waals surface area contributed by atoms with E-state index in [1.165, 1.54) is 24.4 Å². The highest BCUT2D eigenvalue weighted by Gasteiger charge is 2.27. The van der Waals surface area contributed by atoms with Gasteiger partial charge in [0.25, 0.3) is 0 Å². The van der Waals surface area contributed by atoms with Gasteiger partial charge in [-0.25, -0.2) is 14.0 Å². The monoisotopic (exact) mass is 389 g/mol. The third-order valence-electron chi connectivity index (χ3n) is 4.76.